The van der Waals surface area contributed by atoms with Gasteiger partial charge in [-0.2, -0.15) is 0 Å². The van der Waals surface area contributed by atoms with Crippen molar-refractivity contribution in [2.45, 2.75) is 82.1 Å². The van der Waals surface area contributed by atoms with Crippen molar-refractivity contribution in [3.8, 4) is 0 Å². The molecular weight excluding hydrogens is 284 g/mol. The third-order valence-corrected chi connectivity index (χ3v) is 10.7. The summed E-state index contributed by atoms with van der Waals surface area (Å²) in [6.45, 7) is 11.2. The fourth-order valence-electron chi connectivity index (χ4n) is 3.73. The lowest BCUT2D eigenvalue weighted by molar-refractivity contribution is -0.320. The molecule has 0 aliphatic heterocycles. The fourth-order valence-corrected chi connectivity index (χ4v) is 5.36. The molecule has 2 bridgehead atoms. The van der Waals surface area contributed by atoms with Crippen LogP contribution in [0.2, 0.25) is 18.1 Å². The fraction of sp³-hybridized carbons (Fsp3) is 1.00. The van der Waals surface area contributed by atoms with Crippen LogP contribution < -0.4 is 0 Å². The van der Waals surface area contributed by atoms with Crippen molar-refractivity contribution in [2.75, 3.05) is 14.2 Å². The molecule has 3 atom stereocenters. The molecule has 0 aromatic heterocycles. The Morgan fingerprint density at radius 2 is 1.71 bits per heavy atom. The molecule has 0 unspecified atom stereocenters. The molecule has 0 amide bonds. The van der Waals surface area contributed by atoms with Gasteiger partial charge in [0.05, 0.1) is 11.7 Å². The lowest BCUT2D eigenvalue weighted by Crippen LogP contribution is -2.67. The quantitative estimate of drug-likeness (QED) is 0.638. The van der Waals surface area contributed by atoms with E-state index in [0.717, 1.165) is 12.8 Å². The molecule has 0 heterocycles. The third-order valence-electron chi connectivity index (χ3n) is 6.15. The topological polar surface area (TPSA) is 47.9 Å². The zero-order valence-corrected chi connectivity index (χ0v) is 15.7. The summed E-state index contributed by atoms with van der Waals surface area (Å²) >= 11 is 0. The summed E-state index contributed by atoms with van der Waals surface area (Å²) in [4.78, 5) is 0. The summed E-state index contributed by atoms with van der Waals surface area (Å²) in [6, 6.07) is 0. The zero-order valence-electron chi connectivity index (χ0n) is 14.7. The second-order valence-corrected chi connectivity index (χ2v) is 13.0. The van der Waals surface area contributed by atoms with Crippen molar-refractivity contribution in [1.29, 1.82) is 0 Å². The Bertz CT molecular complexity index is 386. The maximum Gasteiger partial charge on any atom is 0.192 e. The molecule has 0 spiro atoms. The monoisotopic (exact) mass is 316 g/mol. The zero-order chi connectivity index (χ0) is 16.1. The molecule has 124 valence electrons. The Hall–Kier alpha value is 0.0569. The predicted molar refractivity (Wildman–Crippen MR) is 85.7 cm³/mol. The number of aliphatic hydroxyl groups excluding tert-OH is 1. The second kappa shape index (κ2) is 5.30. The summed E-state index contributed by atoms with van der Waals surface area (Å²) in [7, 11) is 1.45. The van der Waals surface area contributed by atoms with E-state index < -0.39 is 25.8 Å². The molecular formula is C16H32O4Si. The van der Waals surface area contributed by atoms with Gasteiger partial charge >= 0.3 is 0 Å². The molecule has 0 aromatic rings. The van der Waals surface area contributed by atoms with Crippen molar-refractivity contribution < 1.29 is 19.0 Å². The van der Waals surface area contributed by atoms with Crippen LogP contribution in [0.25, 0.3) is 0 Å². The molecule has 0 radical (unpaired) electrons. The number of ether oxygens (including phenoxy) is 2. The van der Waals surface area contributed by atoms with Crippen molar-refractivity contribution in [3.63, 3.8) is 0 Å². The largest absolute Gasteiger partial charge is 0.408 e. The van der Waals surface area contributed by atoms with Crippen LogP contribution in [-0.4, -0.2) is 45.1 Å². The Balaban J connectivity index is 2.31. The molecule has 0 aromatic carbocycles. The minimum absolute atomic E-state index is 0.124. The van der Waals surface area contributed by atoms with Crippen molar-refractivity contribution >= 4 is 8.32 Å². The molecule has 4 nitrogen and oxygen atoms in total. The van der Waals surface area contributed by atoms with Crippen LogP contribution in [0.15, 0.2) is 0 Å². The van der Waals surface area contributed by atoms with Gasteiger partial charge in [-0.25, -0.2) is 0 Å². The minimum atomic E-state index is -1.96. The Kier molecular flexibility index (Phi) is 4.40. The first kappa shape index (κ1) is 17.4. The van der Waals surface area contributed by atoms with Gasteiger partial charge in [-0.1, -0.05) is 20.8 Å². The maximum absolute atomic E-state index is 10.7. The first-order valence-electron chi connectivity index (χ1n) is 8.00. The van der Waals surface area contributed by atoms with Gasteiger partial charge < -0.3 is 19.0 Å². The van der Waals surface area contributed by atoms with E-state index in [4.69, 9.17) is 13.9 Å². The molecule has 5 heteroatoms. The number of hydrogen-bond acceptors (Lipinski definition) is 4. The van der Waals surface area contributed by atoms with Gasteiger partial charge in [-0.05, 0) is 37.4 Å². The van der Waals surface area contributed by atoms with E-state index in [-0.39, 0.29) is 11.0 Å². The predicted octanol–water partition coefficient (Wildman–Crippen LogP) is 3.30. The molecule has 0 saturated heterocycles. The lowest BCUT2D eigenvalue weighted by Gasteiger charge is -2.60. The average molecular weight is 317 g/mol. The van der Waals surface area contributed by atoms with Gasteiger partial charge in [0.15, 0.2) is 14.1 Å². The molecule has 3 rings (SSSR count). The Morgan fingerprint density at radius 3 is 2.14 bits per heavy atom. The average Bonchev–Trinajstić information content (AvgIpc) is 2.38. The van der Waals surface area contributed by atoms with E-state index in [1.807, 2.05) is 0 Å². The maximum atomic E-state index is 10.7. The number of hydrogen-bond donors (Lipinski definition) is 1. The van der Waals surface area contributed by atoms with Crippen molar-refractivity contribution in [1.82, 2.24) is 0 Å². The molecule has 3 saturated carbocycles. The highest BCUT2D eigenvalue weighted by molar-refractivity contribution is 6.74. The van der Waals surface area contributed by atoms with E-state index in [1.165, 1.54) is 0 Å². The second-order valence-electron chi connectivity index (χ2n) is 8.31. The minimum Gasteiger partial charge on any atom is -0.408 e. The summed E-state index contributed by atoms with van der Waals surface area (Å²) in [5, 5.41) is 10.8. The summed E-state index contributed by atoms with van der Waals surface area (Å²) in [5.41, 5.74) is -0.510. The van der Waals surface area contributed by atoms with E-state index in [9.17, 15) is 5.11 Å². The van der Waals surface area contributed by atoms with Crippen LogP contribution >= 0.6 is 0 Å². The van der Waals surface area contributed by atoms with E-state index >= 15 is 0 Å². The first-order valence-corrected chi connectivity index (χ1v) is 10.9. The SMILES string of the molecule is COC1(OC)C[C@]2(O[Si](C)(C)C(C)(C)C)CC[C@H]1C[C@H]2O. The molecule has 1 N–H and O–H groups in total. The number of methoxy groups -OCH3 is 2. The highest BCUT2D eigenvalue weighted by atomic mass is 28.4. The molecule has 3 aliphatic rings. The van der Waals surface area contributed by atoms with E-state index in [2.05, 4.69) is 33.9 Å². The molecule has 21 heavy (non-hydrogen) atoms. The van der Waals surface area contributed by atoms with E-state index in [0.29, 0.717) is 12.8 Å². The van der Waals surface area contributed by atoms with Gasteiger partial charge in [0, 0.05) is 26.6 Å². The Morgan fingerprint density at radius 1 is 1.14 bits per heavy atom. The highest BCUT2D eigenvalue weighted by Crippen LogP contribution is 2.55. The van der Waals surface area contributed by atoms with Gasteiger partial charge in [-0.15, -0.1) is 0 Å². The van der Waals surface area contributed by atoms with Gasteiger partial charge in [-0.3, -0.25) is 0 Å². The smallest absolute Gasteiger partial charge is 0.192 e. The van der Waals surface area contributed by atoms with Gasteiger partial charge in [0.25, 0.3) is 0 Å². The van der Waals surface area contributed by atoms with Crippen LogP contribution in [0.3, 0.4) is 0 Å². The van der Waals surface area contributed by atoms with Crippen LogP contribution in [0.5, 0.6) is 0 Å². The normalized spacial score (nSPS) is 36.0. The van der Waals surface area contributed by atoms with E-state index in [1.54, 1.807) is 14.2 Å². The number of rotatable bonds is 4. The number of fused-ring (bicyclic) bond motifs is 3. The lowest BCUT2D eigenvalue weighted by atomic mass is 9.62. The standard InChI is InChI=1S/C16H32O4Si/c1-14(2,3)21(6,7)20-15-9-8-12(10-13(15)17)16(11-15,18-4)19-5/h12-13,17H,8-11H2,1-7H3/t12-,13+,15+/m0/s1. The highest BCUT2D eigenvalue weighted by Gasteiger charge is 2.62. The van der Waals surface area contributed by atoms with Crippen molar-refractivity contribution in [3.05, 3.63) is 0 Å². The molecule has 3 aliphatic carbocycles. The van der Waals surface area contributed by atoms with Crippen molar-refractivity contribution in [2.24, 2.45) is 5.92 Å². The third kappa shape index (κ3) is 2.72. The van der Waals surface area contributed by atoms with Crippen LogP contribution in [0.1, 0.15) is 46.5 Å². The number of aliphatic hydroxyl groups is 1. The van der Waals surface area contributed by atoms with Gasteiger partial charge in [0.1, 0.15) is 0 Å². The van der Waals surface area contributed by atoms with Crippen LogP contribution in [-0.2, 0) is 13.9 Å². The van der Waals surface area contributed by atoms with Crippen LogP contribution in [0, 0.1) is 5.92 Å². The molecule has 3 fully saturated rings. The van der Waals surface area contributed by atoms with Crippen LogP contribution in [0.4, 0.5) is 0 Å². The summed E-state index contributed by atoms with van der Waals surface area (Å²) in [6.07, 6.45) is 2.82. The van der Waals surface area contributed by atoms with Gasteiger partial charge in [0.2, 0.25) is 0 Å². The first-order chi connectivity index (χ1) is 9.52. The Labute approximate surface area is 130 Å². The summed E-state index contributed by atoms with van der Waals surface area (Å²) < 4.78 is 18.2. The summed E-state index contributed by atoms with van der Waals surface area (Å²) in [5.74, 6) is -0.341.